The molecule has 1 saturated carbocycles. The molecule has 0 saturated heterocycles. The summed E-state index contributed by atoms with van der Waals surface area (Å²) in [5.41, 5.74) is 1.13. The maximum Gasteiger partial charge on any atom is 0.261 e. The molecule has 1 aliphatic carbocycles. The van der Waals surface area contributed by atoms with Crippen molar-refractivity contribution in [2.45, 2.75) is 57.1 Å². The van der Waals surface area contributed by atoms with Crippen LogP contribution in [-0.2, 0) is 11.2 Å². The highest BCUT2D eigenvalue weighted by Gasteiger charge is 2.28. The number of amides is 1. The summed E-state index contributed by atoms with van der Waals surface area (Å²) in [5, 5.41) is 3.03. The van der Waals surface area contributed by atoms with Gasteiger partial charge in [-0.15, -0.1) is 0 Å². The molecule has 23 heavy (non-hydrogen) atoms. The molecule has 4 nitrogen and oxygen atoms in total. The van der Waals surface area contributed by atoms with E-state index in [1.54, 1.807) is 0 Å². The fourth-order valence-electron chi connectivity index (χ4n) is 3.69. The van der Waals surface area contributed by atoms with E-state index in [1.807, 2.05) is 24.3 Å². The van der Waals surface area contributed by atoms with Gasteiger partial charge in [-0.3, -0.25) is 4.79 Å². The lowest BCUT2D eigenvalue weighted by molar-refractivity contribution is -0.127. The number of nitrogens with zero attached hydrogens (tertiary/aromatic N) is 1. The van der Waals surface area contributed by atoms with Crippen LogP contribution in [0.3, 0.4) is 0 Å². The number of hydrogen-bond donors (Lipinski definition) is 1. The van der Waals surface area contributed by atoms with Crippen LogP contribution in [0.25, 0.3) is 0 Å². The van der Waals surface area contributed by atoms with Crippen molar-refractivity contribution in [2.75, 3.05) is 20.1 Å². The van der Waals surface area contributed by atoms with Gasteiger partial charge in [0.25, 0.3) is 5.91 Å². The number of carbonyl (C=O) groups excluding carboxylic acids is 1. The highest BCUT2D eigenvalue weighted by atomic mass is 16.5. The summed E-state index contributed by atoms with van der Waals surface area (Å²) >= 11 is 0. The van der Waals surface area contributed by atoms with Crippen LogP contribution < -0.4 is 10.1 Å². The van der Waals surface area contributed by atoms with Crippen LogP contribution in [0.4, 0.5) is 0 Å². The molecular formula is C19H28N2O2. The van der Waals surface area contributed by atoms with E-state index in [2.05, 4.69) is 17.3 Å². The fraction of sp³-hybridized carbons (Fsp3) is 0.632. The average Bonchev–Trinajstić information content (AvgIpc) is 3.03. The van der Waals surface area contributed by atoms with Crippen LogP contribution in [0, 0.1) is 0 Å². The van der Waals surface area contributed by atoms with Crippen LogP contribution in [-0.4, -0.2) is 43.1 Å². The molecule has 1 aromatic carbocycles. The first-order chi connectivity index (χ1) is 11.2. The molecule has 0 aromatic heterocycles. The van der Waals surface area contributed by atoms with Crippen LogP contribution >= 0.6 is 0 Å². The van der Waals surface area contributed by atoms with Gasteiger partial charge in [0.2, 0.25) is 0 Å². The van der Waals surface area contributed by atoms with Crippen LogP contribution in [0.1, 0.15) is 44.1 Å². The van der Waals surface area contributed by atoms with Crippen molar-refractivity contribution in [1.29, 1.82) is 0 Å². The molecule has 0 radical (unpaired) electrons. The van der Waals surface area contributed by atoms with Crippen molar-refractivity contribution in [1.82, 2.24) is 10.2 Å². The molecule has 1 fully saturated rings. The molecule has 1 N–H and O–H groups in total. The zero-order valence-corrected chi connectivity index (χ0v) is 14.1. The summed E-state index contributed by atoms with van der Waals surface area (Å²) < 4.78 is 5.72. The average molecular weight is 316 g/mol. The summed E-state index contributed by atoms with van der Waals surface area (Å²) in [6.07, 6.45) is 8.11. The molecule has 1 heterocycles. The van der Waals surface area contributed by atoms with E-state index in [-0.39, 0.29) is 12.0 Å². The quantitative estimate of drug-likeness (QED) is 0.821. The molecule has 1 unspecified atom stereocenters. The molecule has 1 amide bonds. The summed E-state index contributed by atoms with van der Waals surface area (Å²) in [5.74, 6) is 0.867. The summed E-state index contributed by atoms with van der Waals surface area (Å²) in [6.45, 7) is 1.78. The smallest absolute Gasteiger partial charge is 0.261 e. The van der Waals surface area contributed by atoms with Crippen molar-refractivity contribution < 1.29 is 9.53 Å². The number of rotatable bonds is 6. The topological polar surface area (TPSA) is 41.6 Å². The molecule has 0 spiro atoms. The zero-order chi connectivity index (χ0) is 16.1. The Morgan fingerprint density at radius 1 is 1.26 bits per heavy atom. The van der Waals surface area contributed by atoms with E-state index in [9.17, 15) is 4.79 Å². The second kappa shape index (κ2) is 7.82. The lowest BCUT2D eigenvalue weighted by Gasteiger charge is -2.31. The highest BCUT2D eigenvalue weighted by Crippen LogP contribution is 2.28. The third-order valence-electron chi connectivity index (χ3n) is 5.12. The minimum Gasteiger partial charge on any atom is -0.480 e. The van der Waals surface area contributed by atoms with Gasteiger partial charge in [0.15, 0.2) is 6.10 Å². The Hall–Kier alpha value is -1.55. The SMILES string of the molecule is CN(CCCNC(=O)C1Cc2ccccc2O1)C1CCCCC1. The van der Waals surface area contributed by atoms with Crippen molar-refractivity contribution in [3.8, 4) is 5.75 Å². The zero-order valence-electron chi connectivity index (χ0n) is 14.1. The third-order valence-corrected chi connectivity index (χ3v) is 5.12. The first-order valence-corrected chi connectivity index (χ1v) is 8.96. The van der Waals surface area contributed by atoms with Crippen LogP contribution in [0.15, 0.2) is 24.3 Å². The summed E-state index contributed by atoms with van der Waals surface area (Å²) in [7, 11) is 2.22. The van der Waals surface area contributed by atoms with Gasteiger partial charge < -0.3 is 15.0 Å². The summed E-state index contributed by atoms with van der Waals surface area (Å²) in [6, 6.07) is 8.64. The maximum absolute atomic E-state index is 12.2. The van der Waals surface area contributed by atoms with Gasteiger partial charge in [-0.25, -0.2) is 0 Å². The lowest BCUT2D eigenvalue weighted by Crippen LogP contribution is -2.39. The monoisotopic (exact) mass is 316 g/mol. The lowest BCUT2D eigenvalue weighted by atomic mass is 9.94. The number of fused-ring (bicyclic) bond motifs is 1. The van der Waals surface area contributed by atoms with Gasteiger partial charge in [0, 0.05) is 19.0 Å². The molecular weight excluding hydrogens is 288 g/mol. The number of ether oxygens (including phenoxy) is 1. The van der Waals surface area contributed by atoms with E-state index < -0.39 is 0 Å². The van der Waals surface area contributed by atoms with Crippen molar-refractivity contribution in [3.05, 3.63) is 29.8 Å². The number of benzene rings is 1. The highest BCUT2D eigenvalue weighted by molar-refractivity contribution is 5.82. The van der Waals surface area contributed by atoms with Crippen molar-refractivity contribution in [2.24, 2.45) is 0 Å². The maximum atomic E-state index is 12.2. The predicted octanol–water partition coefficient (Wildman–Crippen LogP) is 2.76. The van der Waals surface area contributed by atoms with Crippen LogP contribution in [0.2, 0.25) is 0 Å². The first-order valence-electron chi connectivity index (χ1n) is 8.96. The number of hydrogen-bond acceptors (Lipinski definition) is 3. The summed E-state index contributed by atoms with van der Waals surface area (Å²) in [4.78, 5) is 14.7. The largest absolute Gasteiger partial charge is 0.480 e. The number of para-hydroxylation sites is 1. The van der Waals surface area contributed by atoms with E-state index >= 15 is 0 Å². The fourth-order valence-corrected chi connectivity index (χ4v) is 3.69. The van der Waals surface area contributed by atoms with E-state index in [4.69, 9.17) is 4.74 Å². The van der Waals surface area contributed by atoms with Gasteiger partial charge in [0.05, 0.1) is 0 Å². The molecule has 1 aliphatic heterocycles. The minimum atomic E-state index is -0.358. The minimum absolute atomic E-state index is 0.0153. The normalized spacial score (nSPS) is 21.0. The van der Waals surface area contributed by atoms with E-state index in [1.165, 1.54) is 32.1 Å². The Bertz CT molecular complexity index is 501. The van der Waals surface area contributed by atoms with Crippen molar-refractivity contribution >= 4 is 5.91 Å². The Kier molecular flexibility index (Phi) is 5.55. The standard InChI is InChI=1S/C19H28N2O2/c1-21(16-9-3-2-4-10-16)13-7-12-20-19(22)18-14-15-8-5-6-11-17(15)23-18/h5-6,8,11,16,18H,2-4,7,9-10,12-14H2,1H3,(H,20,22). The Morgan fingerprint density at radius 3 is 2.83 bits per heavy atom. The van der Waals surface area contributed by atoms with Gasteiger partial charge >= 0.3 is 0 Å². The molecule has 3 rings (SSSR count). The van der Waals surface area contributed by atoms with Gasteiger partial charge in [-0.1, -0.05) is 37.5 Å². The molecule has 1 aromatic rings. The van der Waals surface area contributed by atoms with Crippen molar-refractivity contribution in [3.63, 3.8) is 0 Å². The molecule has 4 heteroatoms. The van der Waals surface area contributed by atoms with E-state index in [0.29, 0.717) is 6.42 Å². The van der Waals surface area contributed by atoms with Crippen LogP contribution in [0.5, 0.6) is 5.75 Å². The number of carbonyl (C=O) groups is 1. The Balaban J connectivity index is 1.34. The Morgan fingerprint density at radius 2 is 2.04 bits per heavy atom. The third kappa shape index (κ3) is 4.25. The molecule has 1 atom stereocenters. The van der Waals surface area contributed by atoms with E-state index in [0.717, 1.165) is 36.9 Å². The van der Waals surface area contributed by atoms with Gasteiger partial charge in [-0.2, -0.15) is 0 Å². The van der Waals surface area contributed by atoms with Gasteiger partial charge in [0.1, 0.15) is 5.75 Å². The second-order valence-corrected chi connectivity index (χ2v) is 6.84. The molecule has 2 aliphatic rings. The van der Waals surface area contributed by atoms with Gasteiger partial charge in [-0.05, 0) is 44.5 Å². The first kappa shape index (κ1) is 16.3. The predicted molar refractivity (Wildman–Crippen MR) is 91.7 cm³/mol. The second-order valence-electron chi connectivity index (χ2n) is 6.84. The Labute approximate surface area is 139 Å². The number of nitrogens with one attached hydrogen (secondary N) is 1. The molecule has 126 valence electrons. The molecule has 0 bridgehead atoms.